The van der Waals surface area contributed by atoms with Crippen LogP contribution in [0.25, 0.3) is 0 Å². The van der Waals surface area contributed by atoms with Crippen LogP contribution in [0, 0.1) is 0 Å². The molecule has 1 heterocycles. The van der Waals surface area contributed by atoms with Crippen LogP contribution in [0.2, 0.25) is 0 Å². The Labute approximate surface area is 172 Å². The molecule has 0 N–H and O–H groups in total. The molecule has 152 valence electrons. The highest BCUT2D eigenvalue weighted by molar-refractivity contribution is 5.77. The van der Waals surface area contributed by atoms with Gasteiger partial charge in [0.1, 0.15) is 11.7 Å². The number of ether oxygens (including phenoxy) is 1. The summed E-state index contributed by atoms with van der Waals surface area (Å²) in [5.41, 5.74) is 1.96. The molecule has 0 bridgehead atoms. The lowest BCUT2D eigenvalue weighted by atomic mass is 9.95. The number of aromatic nitrogens is 3. The van der Waals surface area contributed by atoms with Crippen LogP contribution in [0.15, 0.2) is 60.7 Å². The Hall–Kier alpha value is -2.95. The van der Waals surface area contributed by atoms with Gasteiger partial charge in [-0.05, 0) is 24.5 Å². The molecule has 0 radical (unpaired) electrons. The monoisotopic (exact) mass is 391 g/mol. The molecule has 0 saturated heterocycles. The van der Waals surface area contributed by atoms with Gasteiger partial charge in [0.25, 0.3) is 0 Å². The predicted octanol–water partition coefficient (Wildman–Crippen LogP) is 4.51. The van der Waals surface area contributed by atoms with Crippen molar-refractivity contribution in [3.8, 4) is 0 Å². The van der Waals surface area contributed by atoms with Gasteiger partial charge in [0.05, 0.1) is 13.2 Å². The van der Waals surface area contributed by atoms with Gasteiger partial charge in [0.15, 0.2) is 5.82 Å². The lowest BCUT2D eigenvalue weighted by Crippen LogP contribution is -2.23. The third-order valence-electron chi connectivity index (χ3n) is 4.71. The number of nitrogens with zero attached hydrogens (tertiary/aromatic N) is 3. The van der Waals surface area contributed by atoms with Crippen molar-refractivity contribution in [1.29, 1.82) is 0 Å². The zero-order valence-corrected chi connectivity index (χ0v) is 17.6. The molecule has 29 heavy (non-hydrogen) atoms. The van der Waals surface area contributed by atoms with Crippen LogP contribution in [0.4, 0.5) is 0 Å². The van der Waals surface area contributed by atoms with Crippen molar-refractivity contribution in [3.63, 3.8) is 0 Å². The summed E-state index contributed by atoms with van der Waals surface area (Å²) in [6.07, 6.45) is 0.525. The fraction of sp³-hybridized carbons (Fsp3) is 0.375. The van der Waals surface area contributed by atoms with E-state index in [9.17, 15) is 4.79 Å². The molecule has 5 nitrogen and oxygen atoms in total. The molecule has 0 spiro atoms. The Morgan fingerprint density at radius 3 is 2.14 bits per heavy atom. The summed E-state index contributed by atoms with van der Waals surface area (Å²) in [6.45, 7) is 8.96. The van der Waals surface area contributed by atoms with E-state index in [1.807, 2.05) is 60.1 Å². The molecular weight excluding hydrogens is 362 g/mol. The van der Waals surface area contributed by atoms with Gasteiger partial charge in [-0.15, -0.1) is 0 Å². The second kappa shape index (κ2) is 9.03. The Morgan fingerprint density at radius 2 is 1.59 bits per heavy atom. The highest BCUT2D eigenvalue weighted by Gasteiger charge is 2.31. The minimum Gasteiger partial charge on any atom is -0.465 e. The van der Waals surface area contributed by atoms with Crippen LogP contribution in [0.5, 0.6) is 0 Å². The van der Waals surface area contributed by atoms with E-state index < -0.39 is 5.92 Å². The van der Waals surface area contributed by atoms with Crippen LogP contribution in [0.1, 0.15) is 56.4 Å². The van der Waals surface area contributed by atoms with E-state index >= 15 is 0 Å². The average Bonchev–Trinajstić information content (AvgIpc) is 3.12. The second-order valence-corrected chi connectivity index (χ2v) is 8.18. The molecule has 1 aromatic heterocycles. The Bertz CT molecular complexity index is 928. The number of hydrogen-bond donors (Lipinski definition) is 0. The molecule has 1 unspecified atom stereocenters. The molecule has 3 aromatic rings. The smallest absolute Gasteiger partial charge is 0.317 e. The van der Waals surface area contributed by atoms with E-state index in [1.54, 1.807) is 0 Å². The Balaban J connectivity index is 2.04. The first-order valence-electron chi connectivity index (χ1n) is 10.1. The Morgan fingerprint density at radius 1 is 1.00 bits per heavy atom. The maximum absolute atomic E-state index is 12.9. The van der Waals surface area contributed by atoms with Crippen LogP contribution >= 0.6 is 0 Å². The van der Waals surface area contributed by atoms with Gasteiger partial charge in [0.2, 0.25) is 0 Å². The van der Waals surface area contributed by atoms with Gasteiger partial charge in [-0.2, -0.15) is 5.10 Å². The van der Waals surface area contributed by atoms with E-state index in [0.29, 0.717) is 25.4 Å². The summed E-state index contributed by atoms with van der Waals surface area (Å²) in [5.74, 6) is 0.607. The van der Waals surface area contributed by atoms with Gasteiger partial charge in [0, 0.05) is 5.41 Å². The second-order valence-electron chi connectivity index (χ2n) is 8.18. The normalized spacial score (nSPS) is 12.6. The summed E-state index contributed by atoms with van der Waals surface area (Å²) in [4.78, 5) is 17.7. The SMILES string of the molecule is CCOC(=O)C(Cc1ccccc1)c1nc(C(C)(C)C)nn1Cc1ccccc1. The quantitative estimate of drug-likeness (QED) is 0.556. The number of carbonyl (C=O) groups excluding carboxylic acids is 1. The highest BCUT2D eigenvalue weighted by atomic mass is 16.5. The van der Waals surface area contributed by atoms with E-state index in [0.717, 1.165) is 17.0 Å². The van der Waals surface area contributed by atoms with Crippen LogP contribution in [-0.4, -0.2) is 27.3 Å². The molecule has 0 fully saturated rings. The van der Waals surface area contributed by atoms with E-state index in [2.05, 4.69) is 32.9 Å². The maximum atomic E-state index is 12.9. The molecule has 2 aromatic carbocycles. The van der Waals surface area contributed by atoms with Crippen molar-refractivity contribution >= 4 is 5.97 Å². The van der Waals surface area contributed by atoms with Gasteiger partial charge in [-0.3, -0.25) is 4.79 Å². The molecule has 0 amide bonds. The molecule has 0 saturated carbocycles. The maximum Gasteiger partial charge on any atom is 0.317 e. The van der Waals surface area contributed by atoms with Crippen molar-refractivity contribution in [2.45, 2.75) is 52.0 Å². The zero-order chi connectivity index (χ0) is 20.9. The molecule has 0 aliphatic carbocycles. The fourth-order valence-electron chi connectivity index (χ4n) is 3.18. The molecule has 0 aliphatic heterocycles. The van der Waals surface area contributed by atoms with E-state index in [4.69, 9.17) is 14.8 Å². The van der Waals surface area contributed by atoms with E-state index in [-0.39, 0.29) is 11.4 Å². The molecular formula is C24H29N3O2. The average molecular weight is 392 g/mol. The lowest BCUT2D eigenvalue weighted by Gasteiger charge is -2.16. The van der Waals surface area contributed by atoms with Crippen molar-refractivity contribution in [3.05, 3.63) is 83.4 Å². The first kappa shape index (κ1) is 20.8. The number of benzene rings is 2. The predicted molar refractivity (Wildman–Crippen MR) is 114 cm³/mol. The summed E-state index contributed by atoms with van der Waals surface area (Å²) >= 11 is 0. The largest absolute Gasteiger partial charge is 0.465 e. The minimum atomic E-state index is -0.510. The van der Waals surface area contributed by atoms with Crippen molar-refractivity contribution in [1.82, 2.24) is 14.8 Å². The van der Waals surface area contributed by atoms with E-state index in [1.165, 1.54) is 0 Å². The summed E-state index contributed by atoms with van der Waals surface area (Å²) < 4.78 is 7.27. The standard InChI is InChI=1S/C24H29N3O2/c1-5-29-22(28)20(16-18-12-8-6-9-13-18)21-25-23(24(2,3)4)26-27(21)17-19-14-10-7-11-15-19/h6-15,20H,5,16-17H2,1-4H3. The van der Waals surface area contributed by atoms with Crippen LogP contribution in [0.3, 0.4) is 0 Å². The first-order valence-corrected chi connectivity index (χ1v) is 10.1. The zero-order valence-electron chi connectivity index (χ0n) is 17.6. The molecule has 1 atom stereocenters. The number of rotatable bonds is 7. The minimum absolute atomic E-state index is 0.220. The van der Waals surface area contributed by atoms with Crippen molar-refractivity contribution < 1.29 is 9.53 Å². The molecule has 5 heteroatoms. The number of esters is 1. The third-order valence-corrected chi connectivity index (χ3v) is 4.71. The van der Waals surface area contributed by atoms with Crippen molar-refractivity contribution in [2.24, 2.45) is 0 Å². The summed E-state index contributed by atoms with van der Waals surface area (Å²) in [6, 6.07) is 20.1. The molecule has 0 aliphatic rings. The topological polar surface area (TPSA) is 57.0 Å². The summed E-state index contributed by atoms with van der Waals surface area (Å²) in [7, 11) is 0. The Kier molecular flexibility index (Phi) is 6.47. The third kappa shape index (κ3) is 5.31. The van der Waals surface area contributed by atoms with Gasteiger partial charge in [-0.1, -0.05) is 81.4 Å². The van der Waals surface area contributed by atoms with Crippen LogP contribution in [-0.2, 0) is 27.9 Å². The number of hydrogen-bond acceptors (Lipinski definition) is 4. The number of carbonyl (C=O) groups is 1. The first-order chi connectivity index (χ1) is 13.9. The summed E-state index contributed by atoms with van der Waals surface area (Å²) in [5, 5.41) is 4.78. The van der Waals surface area contributed by atoms with Gasteiger partial charge in [-0.25, -0.2) is 9.67 Å². The van der Waals surface area contributed by atoms with Gasteiger partial charge >= 0.3 is 5.97 Å². The van der Waals surface area contributed by atoms with Crippen molar-refractivity contribution in [2.75, 3.05) is 6.61 Å². The molecule has 3 rings (SSSR count). The highest BCUT2D eigenvalue weighted by Crippen LogP contribution is 2.26. The van der Waals surface area contributed by atoms with Crippen LogP contribution < -0.4 is 0 Å². The fourth-order valence-corrected chi connectivity index (χ4v) is 3.18. The van der Waals surface area contributed by atoms with Gasteiger partial charge < -0.3 is 4.74 Å². The lowest BCUT2D eigenvalue weighted by molar-refractivity contribution is -0.145.